The van der Waals surface area contributed by atoms with E-state index in [0.717, 1.165) is 0 Å². The number of aromatic nitrogens is 2. The molecule has 1 saturated heterocycles. The molecule has 1 aliphatic heterocycles. The van der Waals surface area contributed by atoms with E-state index in [4.69, 9.17) is 15.6 Å². The summed E-state index contributed by atoms with van der Waals surface area (Å²) in [7, 11) is -2.15. The highest BCUT2D eigenvalue weighted by molar-refractivity contribution is 7.89. The number of nitrogen functional groups attached to an aromatic ring is 1. The van der Waals surface area contributed by atoms with Gasteiger partial charge in [0.1, 0.15) is 0 Å². The maximum Gasteiger partial charge on any atom is 0.307 e. The van der Waals surface area contributed by atoms with Crippen LogP contribution in [0.25, 0.3) is 16.6 Å². The van der Waals surface area contributed by atoms with E-state index in [1.54, 1.807) is 42.1 Å². The average Bonchev–Trinajstić information content (AvgIpc) is 3.15. The number of nitrogens with two attached hydrogens (primary N) is 1. The molecule has 2 aromatic heterocycles. The highest BCUT2D eigenvalue weighted by atomic mass is 32.2. The minimum absolute atomic E-state index is 0.0590. The molecule has 164 valence electrons. The fraction of sp³-hybridized carbons (Fsp3) is 0.333. The molecule has 0 unspecified atom stereocenters. The van der Waals surface area contributed by atoms with E-state index in [-0.39, 0.29) is 17.4 Å². The third-order valence-corrected chi connectivity index (χ3v) is 7.55. The third-order valence-electron chi connectivity index (χ3n) is 5.61. The van der Waals surface area contributed by atoms with Crippen molar-refractivity contribution in [2.75, 3.05) is 25.9 Å². The summed E-state index contributed by atoms with van der Waals surface area (Å²) in [6, 6.07) is 8.33. The van der Waals surface area contributed by atoms with Gasteiger partial charge >= 0.3 is 5.97 Å². The van der Waals surface area contributed by atoms with Gasteiger partial charge in [0.05, 0.1) is 29.1 Å². The van der Waals surface area contributed by atoms with Crippen molar-refractivity contribution in [3.8, 4) is 11.1 Å². The van der Waals surface area contributed by atoms with Crippen molar-refractivity contribution in [1.82, 2.24) is 13.9 Å². The van der Waals surface area contributed by atoms with Gasteiger partial charge in [0.15, 0.2) is 0 Å². The molecule has 31 heavy (non-hydrogen) atoms. The smallest absolute Gasteiger partial charge is 0.307 e. The highest BCUT2D eigenvalue weighted by Gasteiger charge is 2.31. The van der Waals surface area contributed by atoms with Crippen molar-refractivity contribution >= 4 is 27.2 Å². The minimum atomic E-state index is -3.78. The second-order valence-electron chi connectivity index (χ2n) is 7.58. The Labute approximate surface area is 180 Å². The number of carboxylic acid groups (broad SMARTS) is 1. The number of sulfonamides is 1. The SMILES string of the molecule is COC1CCN(S(=O)(=O)c2cc(N)ccc2-c2ccn3ncc(CC(=O)O)c3c2)CC1. The number of pyridine rings is 1. The van der Waals surface area contributed by atoms with Gasteiger partial charge in [-0.3, -0.25) is 4.79 Å². The van der Waals surface area contributed by atoms with Crippen molar-refractivity contribution in [3.63, 3.8) is 0 Å². The largest absolute Gasteiger partial charge is 0.481 e. The lowest BCUT2D eigenvalue weighted by Gasteiger charge is -2.31. The molecular formula is C21H24N4O5S. The molecule has 1 aliphatic rings. The maximum absolute atomic E-state index is 13.5. The third kappa shape index (κ3) is 4.14. The lowest BCUT2D eigenvalue weighted by molar-refractivity contribution is -0.136. The van der Waals surface area contributed by atoms with Crippen molar-refractivity contribution in [2.45, 2.75) is 30.3 Å². The first-order valence-corrected chi connectivity index (χ1v) is 11.3. The fourth-order valence-electron chi connectivity index (χ4n) is 3.94. The first-order valence-electron chi connectivity index (χ1n) is 9.90. The molecule has 9 nitrogen and oxygen atoms in total. The van der Waals surface area contributed by atoms with E-state index in [0.29, 0.717) is 53.8 Å². The number of carboxylic acids is 1. The second-order valence-corrected chi connectivity index (χ2v) is 9.49. The quantitative estimate of drug-likeness (QED) is 0.557. The molecule has 3 heterocycles. The molecule has 1 fully saturated rings. The molecule has 10 heteroatoms. The van der Waals surface area contributed by atoms with Crippen LogP contribution in [-0.4, -0.2) is 59.7 Å². The van der Waals surface area contributed by atoms with Crippen molar-refractivity contribution in [1.29, 1.82) is 0 Å². The summed E-state index contributed by atoms with van der Waals surface area (Å²) < 4.78 is 35.4. The number of nitrogens with zero attached hydrogens (tertiary/aromatic N) is 3. The predicted molar refractivity (Wildman–Crippen MR) is 115 cm³/mol. The number of carbonyl (C=O) groups is 1. The van der Waals surface area contributed by atoms with E-state index in [2.05, 4.69) is 5.10 Å². The molecule has 3 aromatic rings. The molecule has 3 N–H and O–H groups in total. The van der Waals surface area contributed by atoms with Crippen LogP contribution in [0.3, 0.4) is 0 Å². The van der Waals surface area contributed by atoms with Gasteiger partial charge in [-0.2, -0.15) is 9.40 Å². The Morgan fingerprint density at radius 1 is 1.26 bits per heavy atom. The highest BCUT2D eigenvalue weighted by Crippen LogP contribution is 2.33. The number of ether oxygens (including phenoxy) is 1. The summed E-state index contributed by atoms with van der Waals surface area (Å²) in [6.45, 7) is 0.749. The molecule has 0 radical (unpaired) electrons. The van der Waals surface area contributed by atoms with Crippen LogP contribution >= 0.6 is 0 Å². The van der Waals surface area contributed by atoms with Gasteiger partial charge in [0.25, 0.3) is 0 Å². The summed E-state index contributed by atoms with van der Waals surface area (Å²) in [5.74, 6) is -0.962. The van der Waals surface area contributed by atoms with Crippen LogP contribution in [0.15, 0.2) is 47.6 Å². The predicted octanol–water partition coefficient (Wildman–Crippen LogP) is 2.01. The number of rotatable bonds is 6. The number of hydrogen-bond acceptors (Lipinski definition) is 6. The van der Waals surface area contributed by atoms with Crippen LogP contribution in [0.1, 0.15) is 18.4 Å². The lowest BCUT2D eigenvalue weighted by Crippen LogP contribution is -2.40. The summed E-state index contributed by atoms with van der Waals surface area (Å²) in [5.41, 5.74) is 8.61. The summed E-state index contributed by atoms with van der Waals surface area (Å²) in [4.78, 5) is 11.3. The summed E-state index contributed by atoms with van der Waals surface area (Å²) in [5, 5.41) is 13.3. The second kappa shape index (κ2) is 8.29. The number of aliphatic carboxylic acids is 1. The first-order chi connectivity index (χ1) is 14.8. The zero-order chi connectivity index (χ0) is 22.2. The van der Waals surface area contributed by atoms with Gasteiger partial charge in [-0.15, -0.1) is 0 Å². The molecule has 4 rings (SSSR count). The van der Waals surface area contributed by atoms with E-state index >= 15 is 0 Å². The van der Waals surface area contributed by atoms with Crippen LogP contribution in [0.4, 0.5) is 5.69 Å². The van der Waals surface area contributed by atoms with Crippen molar-refractivity contribution in [3.05, 3.63) is 48.3 Å². The molecule has 0 atom stereocenters. The van der Waals surface area contributed by atoms with Crippen LogP contribution < -0.4 is 5.73 Å². The van der Waals surface area contributed by atoms with Gasteiger partial charge in [-0.1, -0.05) is 6.07 Å². The zero-order valence-corrected chi connectivity index (χ0v) is 17.9. The van der Waals surface area contributed by atoms with Crippen molar-refractivity contribution < 1.29 is 23.1 Å². The topological polar surface area (TPSA) is 127 Å². The Balaban J connectivity index is 1.78. The Bertz CT molecular complexity index is 1230. The minimum Gasteiger partial charge on any atom is -0.481 e. The summed E-state index contributed by atoms with van der Waals surface area (Å²) >= 11 is 0. The Hall–Kier alpha value is -2.95. The molecule has 0 spiro atoms. The van der Waals surface area contributed by atoms with Crippen LogP contribution in [0, 0.1) is 0 Å². The van der Waals surface area contributed by atoms with Gasteiger partial charge in [-0.25, -0.2) is 12.9 Å². The molecule has 0 amide bonds. The van der Waals surface area contributed by atoms with Gasteiger partial charge in [0.2, 0.25) is 10.0 Å². The molecule has 0 saturated carbocycles. The summed E-state index contributed by atoms with van der Waals surface area (Å²) in [6.07, 6.45) is 4.35. The molecule has 0 bridgehead atoms. The Kier molecular flexibility index (Phi) is 5.69. The molecule has 1 aromatic carbocycles. The lowest BCUT2D eigenvalue weighted by atomic mass is 10.0. The van der Waals surface area contributed by atoms with E-state index in [1.165, 1.54) is 16.6 Å². The number of piperidine rings is 1. The Morgan fingerprint density at radius 2 is 2.00 bits per heavy atom. The van der Waals surface area contributed by atoms with Gasteiger partial charge < -0.3 is 15.6 Å². The van der Waals surface area contributed by atoms with Crippen molar-refractivity contribution in [2.24, 2.45) is 0 Å². The van der Waals surface area contributed by atoms with Crippen LogP contribution in [-0.2, 0) is 26.0 Å². The van der Waals surface area contributed by atoms with E-state index in [1.807, 2.05) is 0 Å². The van der Waals surface area contributed by atoms with E-state index in [9.17, 15) is 13.2 Å². The average molecular weight is 445 g/mol. The maximum atomic E-state index is 13.5. The molecular weight excluding hydrogens is 420 g/mol. The van der Waals surface area contributed by atoms with Gasteiger partial charge in [0, 0.05) is 43.2 Å². The normalized spacial score (nSPS) is 16.0. The standard InChI is InChI=1S/C21H24N4O5S/c1-30-17-5-7-24(8-6-17)31(28,29)20-12-16(22)2-3-18(20)14-4-9-25-19(10-14)15(13-23-25)11-21(26)27/h2-4,9-10,12-13,17H,5-8,11,22H2,1H3,(H,26,27). The number of anilines is 1. The number of fused-ring (bicyclic) bond motifs is 1. The first kappa shape index (κ1) is 21.3. The van der Waals surface area contributed by atoms with E-state index < -0.39 is 16.0 Å². The zero-order valence-electron chi connectivity index (χ0n) is 17.1. The van der Waals surface area contributed by atoms with Crippen LogP contribution in [0.2, 0.25) is 0 Å². The number of methoxy groups -OCH3 is 1. The molecule has 0 aliphatic carbocycles. The Morgan fingerprint density at radius 3 is 2.68 bits per heavy atom. The number of benzene rings is 1. The van der Waals surface area contributed by atoms with Crippen LogP contribution in [0.5, 0.6) is 0 Å². The monoisotopic (exact) mass is 444 g/mol. The fourth-order valence-corrected chi connectivity index (χ4v) is 5.65. The van der Waals surface area contributed by atoms with Gasteiger partial charge in [-0.05, 0) is 42.7 Å². The number of hydrogen-bond donors (Lipinski definition) is 2.